The average Bonchev–Trinajstić information content (AvgIpc) is 3.00. The Hall–Kier alpha value is -2.11. The number of imide groups is 1. The van der Waals surface area contributed by atoms with Gasteiger partial charge in [0.25, 0.3) is 5.91 Å². The van der Waals surface area contributed by atoms with Crippen LogP contribution in [0, 0.1) is 6.92 Å². The Morgan fingerprint density at radius 3 is 2.55 bits per heavy atom. The van der Waals surface area contributed by atoms with E-state index in [9.17, 15) is 9.59 Å². The molecule has 1 aliphatic rings. The summed E-state index contributed by atoms with van der Waals surface area (Å²) in [7, 11) is 0. The maximum atomic E-state index is 12.3. The summed E-state index contributed by atoms with van der Waals surface area (Å²) in [5.74, 6) is -0.324. The molecular weight excluding hydrogens is 320 g/mol. The number of rotatable bonds is 3. The van der Waals surface area contributed by atoms with Crippen LogP contribution in [0.1, 0.15) is 16.0 Å². The van der Waals surface area contributed by atoms with Gasteiger partial charge in [0.05, 0.1) is 10.9 Å². The number of amides is 3. The second-order valence-corrected chi connectivity index (χ2v) is 6.75. The first-order chi connectivity index (χ1) is 10.5. The molecule has 1 fully saturated rings. The number of nitrogens with zero attached hydrogens (tertiary/aromatic N) is 1. The number of urea groups is 1. The molecule has 6 heteroatoms. The highest BCUT2D eigenvalue weighted by Gasteiger charge is 2.33. The minimum atomic E-state index is -0.403. The van der Waals surface area contributed by atoms with Crippen LogP contribution < -0.4 is 5.32 Å². The number of hydrogen-bond donors (Lipinski definition) is 1. The van der Waals surface area contributed by atoms with Gasteiger partial charge >= 0.3 is 6.03 Å². The zero-order valence-electron chi connectivity index (χ0n) is 11.8. The van der Waals surface area contributed by atoms with Crippen molar-refractivity contribution in [2.75, 3.05) is 0 Å². The predicted octanol–water partition coefficient (Wildman–Crippen LogP) is 3.80. The molecule has 0 unspecified atom stereocenters. The van der Waals surface area contributed by atoms with Crippen molar-refractivity contribution in [3.8, 4) is 0 Å². The Kier molecular flexibility index (Phi) is 4.00. The zero-order valence-corrected chi connectivity index (χ0v) is 13.4. The quantitative estimate of drug-likeness (QED) is 0.686. The van der Waals surface area contributed by atoms with Gasteiger partial charge in [-0.05, 0) is 30.7 Å². The molecule has 1 aliphatic heterocycles. The summed E-state index contributed by atoms with van der Waals surface area (Å²) in [5.41, 5.74) is 2.32. The van der Waals surface area contributed by atoms with E-state index >= 15 is 0 Å². The second kappa shape index (κ2) is 5.94. The maximum absolute atomic E-state index is 12.3. The van der Waals surface area contributed by atoms with E-state index in [2.05, 4.69) is 5.32 Å². The van der Waals surface area contributed by atoms with E-state index in [1.165, 1.54) is 16.2 Å². The second-order valence-electron chi connectivity index (χ2n) is 5.01. The lowest BCUT2D eigenvalue weighted by molar-refractivity contribution is -0.123. The van der Waals surface area contributed by atoms with Gasteiger partial charge in [-0.3, -0.25) is 9.69 Å². The standard InChI is InChI=1S/C16H13ClN2O2S/c1-10-2-4-11(5-3-10)9-19-15(20)13(18-16(19)21)8-12-6-7-14(17)22-12/h2-8H,9H2,1H3,(H,18,21). The number of benzene rings is 1. The van der Waals surface area contributed by atoms with Crippen molar-refractivity contribution in [1.82, 2.24) is 10.2 Å². The number of carbonyl (C=O) groups is 2. The fourth-order valence-electron chi connectivity index (χ4n) is 2.14. The first kappa shape index (κ1) is 14.8. The molecule has 3 rings (SSSR count). The van der Waals surface area contributed by atoms with Gasteiger partial charge in [0.1, 0.15) is 5.70 Å². The van der Waals surface area contributed by atoms with Gasteiger partial charge in [-0.2, -0.15) is 0 Å². The van der Waals surface area contributed by atoms with Crippen LogP contribution in [0.4, 0.5) is 4.79 Å². The number of aryl methyl sites for hydroxylation is 1. The Morgan fingerprint density at radius 1 is 1.18 bits per heavy atom. The molecule has 2 heterocycles. The lowest BCUT2D eigenvalue weighted by Gasteiger charge is -2.11. The van der Waals surface area contributed by atoms with Crippen LogP contribution in [0.3, 0.4) is 0 Å². The molecule has 22 heavy (non-hydrogen) atoms. The molecule has 0 saturated carbocycles. The summed E-state index contributed by atoms with van der Waals surface area (Å²) in [6.07, 6.45) is 1.64. The Morgan fingerprint density at radius 2 is 1.91 bits per heavy atom. The van der Waals surface area contributed by atoms with Gasteiger partial charge < -0.3 is 5.32 Å². The third-order valence-electron chi connectivity index (χ3n) is 3.30. The van der Waals surface area contributed by atoms with E-state index < -0.39 is 6.03 Å². The molecule has 2 aromatic rings. The van der Waals surface area contributed by atoms with Crippen LogP contribution in [0.2, 0.25) is 4.34 Å². The molecule has 0 spiro atoms. The van der Waals surface area contributed by atoms with Crippen molar-refractivity contribution in [3.63, 3.8) is 0 Å². The van der Waals surface area contributed by atoms with Crippen LogP contribution in [0.15, 0.2) is 42.1 Å². The third-order valence-corrected chi connectivity index (χ3v) is 4.48. The molecule has 1 saturated heterocycles. The zero-order chi connectivity index (χ0) is 15.7. The molecule has 0 aliphatic carbocycles. The predicted molar refractivity (Wildman–Crippen MR) is 87.6 cm³/mol. The van der Waals surface area contributed by atoms with Crippen LogP contribution >= 0.6 is 22.9 Å². The summed E-state index contributed by atoms with van der Waals surface area (Å²) < 4.78 is 0.639. The highest BCUT2D eigenvalue weighted by molar-refractivity contribution is 7.17. The summed E-state index contributed by atoms with van der Waals surface area (Å²) in [6, 6.07) is 10.9. The summed E-state index contributed by atoms with van der Waals surface area (Å²) >= 11 is 7.22. The normalized spacial score (nSPS) is 16.5. The fourth-order valence-corrected chi connectivity index (χ4v) is 3.14. The minimum absolute atomic E-state index is 0.257. The summed E-state index contributed by atoms with van der Waals surface area (Å²) in [6.45, 7) is 2.25. The molecule has 0 atom stereocenters. The molecule has 0 bridgehead atoms. The van der Waals surface area contributed by atoms with Gasteiger partial charge in [-0.1, -0.05) is 41.4 Å². The monoisotopic (exact) mass is 332 g/mol. The molecule has 112 valence electrons. The van der Waals surface area contributed by atoms with E-state index in [0.29, 0.717) is 4.34 Å². The van der Waals surface area contributed by atoms with E-state index in [0.717, 1.165) is 16.0 Å². The van der Waals surface area contributed by atoms with Crippen molar-refractivity contribution < 1.29 is 9.59 Å². The molecule has 0 radical (unpaired) electrons. The van der Waals surface area contributed by atoms with Crippen LogP contribution in [0.25, 0.3) is 6.08 Å². The van der Waals surface area contributed by atoms with Gasteiger partial charge in [-0.15, -0.1) is 11.3 Å². The van der Waals surface area contributed by atoms with E-state index in [1.807, 2.05) is 37.3 Å². The minimum Gasteiger partial charge on any atom is -0.303 e. The Balaban J connectivity index is 1.79. The molecule has 1 aromatic carbocycles. The largest absolute Gasteiger partial charge is 0.329 e. The lowest BCUT2D eigenvalue weighted by Crippen LogP contribution is -2.30. The van der Waals surface area contributed by atoms with E-state index in [4.69, 9.17) is 11.6 Å². The summed E-state index contributed by atoms with van der Waals surface area (Å²) in [5, 5.41) is 2.61. The molecule has 1 N–H and O–H groups in total. The molecule has 3 amide bonds. The number of hydrogen-bond acceptors (Lipinski definition) is 3. The van der Waals surface area contributed by atoms with Crippen LogP contribution in [-0.4, -0.2) is 16.8 Å². The molecular formula is C16H13ClN2O2S. The van der Waals surface area contributed by atoms with Crippen molar-refractivity contribution in [2.45, 2.75) is 13.5 Å². The van der Waals surface area contributed by atoms with Gasteiger partial charge in [0.2, 0.25) is 0 Å². The SMILES string of the molecule is Cc1ccc(CN2C(=O)NC(=Cc3ccc(Cl)s3)C2=O)cc1. The molecule has 4 nitrogen and oxygen atoms in total. The number of thiophene rings is 1. The first-order valence-corrected chi connectivity index (χ1v) is 7.88. The fraction of sp³-hybridized carbons (Fsp3) is 0.125. The number of halogens is 1. The average molecular weight is 333 g/mol. The number of nitrogens with one attached hydrogen (secondary N) is 1. The third kappa shape index (κ3) is 3.05. The van der Waals surface area contributed by atoms with Crippen molar-refractivity contribution in [3.05, 3.63) is 62.4 Å². The van der Waals surface area contributed by atoms with Gasteiger partial charge in [-0.25, -0.2) is 4.79 Å². The van der Waals surface area contributed by atoms with E-state index in [1.54, 1.807) is 12.1 Å². The highest BCUT2D eigenvalue weighted by atomic mass is 35.5. The van der Waals surface area contributed by atoms with Crippen LogP contribution in [0.5, 0.6) is 0 Å². The van der Waals surface area contributed by atoms with Gasteiger partial charge in [0.15, 0.2) is 0 Å². The first-order valence-electron chi connectivity index (χ1n) is 6.68. The lowest BCUT2D eigenvalue weighted by atomic mass is 10.1. The van der Waals surface area contributed by atoms with Crippen LogP contribution in [-0.2, 0) is 11.3 Å². The maximum Gasteiger partial charge on any atom is 0.329 e. The Labute approximate surface area is 137 Å². The highest BCUT2D eigenvalue weighted by Crippen LogP contribution is 2.25. The Bertz CT molecular complexity index is 765. The summed E-state index contributed by atoms with van der Waals surface area (Å²) in [4.78, 5) is 26.4. The molecule has 1 aromatic heterocycles. The van der Waals surface area contributed by atoms with Gasteiger partial charge in [0, 0.05) is 4.88 Å². The van der Waals surface area contributed by atoms with Crippen molar-refractivity contribution >= 4 is 41.0 Å². The topological polar surface area (TPSA) is 49.4 Å². The van der Waals surface area contributed by atoms with E-state index in [-0.39, 0.29) is 18.1 Å². The van der Waals surface area contributed by atoms with Crippen molar-refractivity contribution in [1.29, 1.82) is 0 Å². The number of carbonyl (C=O) groups excluding carboxylic acids is 2. The smallest absolute Gasteiger partial charge is 0.303 e. The van der Waals surface area contributed by atoms with Crippen molar-refractivity contribution in [2.24, 2.45) is 0 Å².